The van der Waals surface area contributed by atoms with Gasteiger partial charge in [0.05, 0.1) is 22.0 Å². The van der Waals surface area contributed by atoms with E-state index >= 15 is 0 Å². The van der Waals surface area contributed by atoms with Gasteiger partial charge in [0.15, 0.2) is 11.5 Å². The molecule has 0 saturated carbocycles. The minimum Gasteiger partial charge on any atom is -0.488 e. The lowest BCUT2D eigenvalue weighted by atomic mass is 10.1. The SMILES string of the molecule is CC(C)Oc1c(C#N)c(C#N)c(OC(C)C)c(Sc2cccc3ccccc23)c1Sc1ccccc1N. The average Bonchev–Trinajstić information content (AvgIpc) is 2.87. The van der Waals surface area contributed by atoms with Crippen LogP contribution in [0.25, 0.3) is 10.8 Å². The van der Waals surface area contributed by atoms with Crippen LogP contribution in [-0.4, -0.2) is 12.2 Å². The van der Waals surface area contributed by atoms with Crippen molar-refractivity contribution in [3.63, 3.8) is 0 Å². The Balaban J connectivity index is 2.08. The summed E-state index contributed by atoms with van der Waals surface area (Å²) < 4.78 is 12.5. The fourth-order valence-corrected chi connectivity index (χ4v) is 6.15. The molecule has 0 atom stereocenters. The molecular weight excluding hydrogens is 498 g/mol. The first-order valence-electron chi connectivity index (χ1n) is 11.9. The van der Waals surface area contributed by atoms with Crippen LogP contribution in [0, 0.1) is 22.7 Å². The smallest absolute Gasteiger partial charge is 0.154 e. The molecule has 0 aromatic heterocycles. The van der Waals surface area contributed by atoms with Crippen LogP contribution in [-0.2, 0) is 0 Å². The summed E-state index contributed by atoms with van der Waals surface area (Å²) in [6.45, 7) is 7.60. The standard InChI is InChI=1S/C30H27N3O2S2/c1-18(2)34-27-22(16-31)23(17-32)28(35-19(3)4)30(37-26-14-8-7-13-24(26)33)29(27)36-25-15-9-11-20-10-5-6-12-21(20)25/h5-15,18-19H,33H2,1-4H3. The molecule has 0 unspecified atom stereocenters. The number of para-hydroxylation sites is 1. The maximum atomic E-state index is 10.2. The molecule has 2 N–H and O–H groups in total. The van der Waals surface area contributed by atoms with E-state index in [1.165, 1.54) is 23.5 Å². The van der Waals surface area contributed by atoms with Gasteiger partial charge in [0.1, 0.15) is 23.3 Å². The first-order chi connectivity index (χ1) is 17.8. The largest absolute Gasteiger partial charge is 0.488 e. The van der Waals surface area contributed by atoms with Gasteiger partial charge in [-0.25, -0.2) is 0 Å². The Kier molecular flexibility index (Phi) is 8.18. The molecular formula is C30H27N3O2S2. The molecule has 0 fully saturated rings. The number of ether oxygens (including phenoxy) is 2. The molecule has 0 aliphatic carbocycles. The Morgan fingerprint density at radius 1 is 0.676 bits per heavy atom. The van der Waals surface area contributed by atoms with Gasteiger partial charge in [-0.15, -0.1) is 0 Å². The maximum Gasteiger partial charge on any atom is 0.154 e. The van der Waals surface area contributed by atoms with Crippen molar-refractivity contribution in [2.45, 2.75) is 59.5 Å². The zero-order valence-electron chi connectivity index (χ0n) is 21.1. The number of anilines is 1. The molecule has 0 aliphatic rings. The van der Waals surface area contributed by atoms with Gasteiger partial charge >= 0.3 is 0 Å². The number of nitrogens with two attached hydrogens (primary N) is 1. The predicted molar refractivity (Wildman–Crippen MR) is 150 cm³/mol. The second kappa shape index (κ2) is 11.5. The summed E-state index contributed by atoms with van der Waals surface area (Å²) in [7, 11) is 0. The molecule has 0 bridgehead atoms. The van der Waals surface area contributed by atoms with E-state index in [1.807, 2.05) is 76.2 Å². The number of rotatable bonds is 8. The maximum absolute atomic E-state index is 10.2. The summed E-state index contributed by atoms with van der Waals surface area (Å²) in [5.74, 6) is 0.737. The predicted octanol–water partition coefficient (Wildman–Crippen LogP) is 8.04. The Hall–Kier alpha value is -3.78. The van der Waals surface area contributed by atoms with Crippen LogP contribution in [0.15, 0.2) is 86.3 Å². The molecule has 37 heavy (non-hydrogen) atoms. The normalized spacial score (nSPS) is 10.9. The van der Waals surface area contributed by atoms with Crippen LogP contribution in [0.4, 0.5) is 5.69 Å². The van der Waals surface area contributed by atoms with Crippen molar-refractivity contribution >= 4 is 40.0 Å². The fourth-order valence-electron chi connectivity index (χ4n) is 3.83. The van der Waals surface area contributed by atoms with Crippen LogP contribution in [0.3, 0.4) is 0 Å². The Bertz CT molecular complexity index is 1530. The van der Waals surface area contributed by atoms with Gasteiger partial charge in [-0.3, -0.25) is 0 Å². The van der Waals surface area contributed by atoms with Crippen LogP contribution in [0.2, 0.25) is 0 Å². The molecule has 0 radical (unpaired) electrons. The summed E-state index contributed by atoms with van der Waals surface area (Å²) in [6, 6.07) is 26.3. The van der Waals surface area contributed by atoms with Crippen LogP contribution in [0.5, 0.6) is 11.5 Å². The van der Waals surface area contributed by atoms with Crippen molar-refractivity contribution in [2.75, 3.05) is 5.73 Å². The van der Waals surface area contributed by atoms with Gasteiger partial charge in [-0.1, -0.05) is 72.1 Å². The van der Waals surface area contributed by atoms with Crippen molar-refractivity contribution in [3.05, 3.63) is 77.9 Å². The van der Waals surface area contributed by atoms with Crippen LogP contribution in [0.1, 0.15) is 38.8 Å². The molecule has 0 spiro atoms. The number of nitriles is 2. The van der Waals surface area contributed by atoms with Gasteiger partial charge < -0.3 is 15.2 Å². The molecule has 7 heteroatoms. The monoisotopic (exact) mass is 525 g/mol. The van der Waals surface area contributed by atoms with E-state index in [2.05, 4.69) is 30.3 Å². The molecule has 4 rings (SSSR count). The number of benzene rings is 4. The molecule has 0 amide bonds. The summed E-state index contributed by atoms with van der Waals surface area (Å²) in [5.41, 5.74) is 7.26. The second-order valence-corrected chi connectivity index (χ2v) is 10.9. The zero-order chi connectivity index (χ0) is 26.5. The lowest BCUT2D eigenvalue weighted by Crippen LogP contribution is -2.13. The first kappa shape index (κ1) is 26.3. The van der Waals surface area contributed by atoms with E-state index in [4.69, 9.17) is 15.2 Å². The highest BCUT2D eigenvalue weighted by molar-refractivity contribution is 8.02. The van der Waals surface area contributed by atoms with E-state index in [1.54, 1.807) is 0 Å². The van der Waals surface area contributed by atoms with E-state index in [-0.39, 0.29) is 23.3 Å². The van der Waals surface area contributed by atoms with Crippen molar-refractivity contribution < 1.29 is 9.47 Å². The Labute approximate surface area is 226 Å². The van der Waals surface area contributed by atoms with Crippen molar-refractivity contribution in [2.24, 2.45) is 0 Å². The number of fused-ring (bicyclic) bond motifs is 1. The van der Waals surface area contributed by atoms with Crippen LogP contribution >= 0.6 is 23.5 Å². The third-order valence-corrected chi connectivity index (χ3v) is 7.83. The van der Waals surface area contributed by atoms with Gasteiger partial charge in [-0.05, 0) is 56.7 Å². The minimum atomic E-state index is -0.224. The Morgan fingerprint density at radius 2 is 1.16 bits per heavy atom. The minimum absolute atomic E-state index is 0.158. The summed E-state index contributed by atoms with van der Waals surface area (Å²) in [5, 5.41) is 22.6. The van der Waals surface area contributed by atoms with Gasteiger partial charge in [-0.2, -0.15) is 10.5 Å². The molecule has 4 aromatic rings. The third-order valence-electron chi connectivity index (χ3n) is 5.35. The molecule has 186 valence electrons. The number of nitrogen functional groups attached to an aromatic ring is 1. The summed E-state index contributed by atoms with van der Waals surface area (Å²) in [4.78, 5) is 3.22. The van der Waals surface area contributed by atoms with Crippen LogP contribution < -0.4 is 15.2 Å². The van der Waals surface area contributed by atoms with E-state index < -0.39 is 0 Å². The summed E-state index contributed by atoms with van der Waals surface area (Å²) >= 11 is 2.91. The highest BCUT2D eigenvalue weighted by atomic mass is 32.2. The quantitative estimate of drug-likeness (QED) is 0.233. The number of hydrogen-bond acceptors (Lipinski definition) is 7. The van der Waals surface area contributed by atoms with Gasteiger partial charge in [0.2, 0.25) is 0 Å². The van der Waals surface area contributed by atoms with Crippen molar-refractivity contribution in [1.82, 2.24) is 0 Å². The molecule has 0 aliphatic heterocycles. The van der Waals surface area contributed by atoms with Crippen molar-refractivity contribution in [1.29, 1.82) is 10.5 Å². The number of nitrogens with zero attached hydrogens (tertiary/aromatic N) is 2. The third kappa shape index (κ3) is 5.64. The lowest BCUT2D eigenvalue weighted by Gasteiger charge is -2.24. The Morgan fingerprint density at radius 3 is 1.73 bits per heavy atom. The van der Waals surface area contributed by atoms with Gasteiger partial charge in [0, 0.05) is 15.5 Å². The fraction of sp³-hybridized carbons (Fsp3) is 0.200. The lowest BCUT2D eigenvalue weighted by molar-refractivity contribution is 0.223. The highest BCUT2D eigenvalue weighted by Crippen LogP contribution is 2.53. The molecule has 0 saturated heterocycles. The number of hydrogen-bond donors (Lipinski definition) is 1. The second-order valence-electron chi connectivity index (χ2n) is 8.84. The topological polar surface area (TPSA) is 92.1 Å². The summed E-state index contributed by atoms with van der Waals surface area (Å²) in [6.07, 6.45) is -0.444. The molecule has 0 heterocycles. The highest BCUT2D eigenvalue weighted by Gasteiger charge is 2.29. The van der Waals surface area contributed by atoms with E-state index in [9.17, 15) is 10.5 Å². The van der Waals surface area contributed by atoms with E-state index in [0.717, 1.165) is 20.6 Å². The molecule has 5 nitrogen and oxygen atoms in total. The van der Waals surface area contributed by atoms with E-state index in [0.29, 0.717) is 27.0 Å². The zero-order valence-corrected chi connectivity index (χ0v) is 22.7. The molecule has 4 aromatic carbocycles. The average molecular weight is 526 g/mol. The van der Waals surface area contributed by atoms with Crippen molar-refractivity contribution in [3.8, 4) is 23.6 Å². The first-order valence-corrected chi connectivity index (χ1v) is 13.5. The van der Waals surface area contributed by atoms with Gasteiger partial charge in [0.25, 0.3) is 0 Å².